The van der Waals surface area contributed by atoms with Crippen LogP contribution >= 0.6 is 46.4 Å². The van der Waals surface area contributed by atoms with Gasteiger partial charge in [0.2, 0.25) is 0 Å². The smallest absolute Gasteiger partial charge is 0.164 e. The van der Waals surface area contributed by atoms with Gasteiger partial charge in [0.05, 0.1) is 31.8 Å². The van der Waals surface area contributed by atoms with Crippen LogP contribution in [0.1, 0.15) is 18.5 Å². The lowest BCUT2D eigenvalue weighted by Gasteiger charge is -2.18. The molecule has 0 radical (unpaired) electrons. The topological polar surface area (TPSA) is 12.0 Å². The maximum absolute atomic E-state index is 13.8. The van der Waals surface area contributed by atoms with Gasteiger partial charge in [-0.3, -0.25) is 0 Å². The number of rotatable bonds is 3. The van der Waals surface area contributed by atoms with E-state index in [2.05, 4.69) is 5.32 Å². The largest absolute Gasteiger partial charge is 0.376 e. The first kappa shape index (κ1) is 15.7. The average Bonchev–Trinajstić information content (AvgIpc) is 2.41. The van der Waals surface area contributed by atoms with Gasteiger partial charge in [-0.15, -0.1) is 0 Å². The fraction of sp³-hybridized carbons (Fsp3) is 0.143. The van der Waals surface area contributed by atoms with Crippen molar-refractivity contribution in [3.63, 3.8) is 0 Å². The van der Waals surface area contributed by atoms with E-state index < -0.39 is 5.82 Å². The molecule has 0 saturated heterocycles. The van der Waals surface area contributed by atoms with E-state index in [9.17, 15) is 4.39 Å². The summed E-state index contributed by atoms with van der Waals surface area (Å²) < 4.78 is 13.8. The molecule has 1 N–H and O–H groups in total. The van der Waals surface area contributed by atoms with E-state index in [4.69, 9.17) is 46.4 Å². The zero-order valence-electron chi connectivity index (χ0n) is 10.4. The van der Waals surface area contributed by atoms with Crippen molar-refractivity contribution in [3.8, 4) is 0 Å². The minimum absolute atomic E-state index is 0.0578. The molecular weight excluding hydrogens is 343 g/mol. The Labute approximate surface area is 136 Å². The quantitative estimate of drug-likeness (QED) is 0.612. The monoisotopic (exact) mass is 351 g/mol. The Morgan fingerprint density at radius 1 is 0.950 bits per heavy atom. The Kier molecular flexibility index (Phi) is 5.03. The van der Waals surface area contributed by atoms with E-state index >= 15 is 0 Å². The summed E-state index contributed by atoms with van der Waals surface area (Å²) in [5.74, 6) is -0.503. The van der Waals surface area contributed by atoms with E-state index in [0.717, 1.165) is 5.56 Å². The molecule has 0 aliphatic carbocycles. The fourth-order valence-corrected chi connectivity index (χ4v) is 2.68. The fourth-order valence-electron chi connectivity index (χ4n) is 1.80. The van der Waals surface area contributed by atoms with Gasteiger partial charge in [0.1, 0.15) is 0 Å². The van der Waals surface area contributed by atoms with Crippen LogP contribution in [0.25, 0.3) is 0 Å². The van der Waals surface area contributed by atoms with E-state index in [-0.39, 0.29) is 16.1 Å². The Morgan fingerprint density at radius 3 is 2.35 bits per heavy atom. The zero-order valence-corrected chi connectivity index (χ0v) is 13.4. The normalized spacial score (nSPS) is 12.3. The molecule has 1 nitrogen and oxygen atoms in total. The van der Waals surface area contributed by atoms with Gasteiger partial charge in [-0.25, -0.2) is 4.39 Å². The highest BCUT2D eigenvalue weighted by Crippen LogP contribution is 2.36. The summed E-state index contributed by atoms with van der Waals surface area (Å²) in [5.41, 5.74) is 1.02. The third-order valence-corrected chi connectivity index (χ3v) is 4.46. The van der Waals surface area contributed by atoms with Crippen molar-refractivity contribution < 1.29 is 4.39 Å². The van der Waals surface area contributed by atoms with E-state index in [1.165, 1.54) is 6.07 Å². The van der Waals surface area contributed by atoms with Gasteiger partial charge in [-0.05, 0) is 30.7 Å². The number of benzene rings is 2. The van der Waals surface area contributed by atoms with E-state index in [1.807, 2.05) is 6.92 Å². The van der Waals surface area contributed by atoms with Crippen molar-refractivity contribution in [1.29, 1.82) is 0 Å². The van der Waals surface area contributed by atoms with Gasteiger partial charge in [0.15, 0.2) is 5.82 Å². The van der Waals surface area contributed by atoms with Crippen molar-refractivity contribution in [2.45, 2.75) is 13.0 Å². The zero-order chi connectivity index (χ0) is 14.9. The Hall–Kier alpha value is -0.670. The number of anilines is 1. The van der Waals surface area contributed by atoms with Gasteiger partial charge in [-0.2, -0.15) is 0 Å². The molecule has 1 unspecified atom stereocenters. The van der Waals surface area contributed by atoms with Crippen molar-refractivity contribution >= 4 is 52.1 Å². The Bertz CT molecular complexity index is 645. The Morgan fingerprint density at radius 2 is 1.65 bits per heavy atom. The van der Waals surface area contributed by atoms with Crippen LogP contribution in [0.5, 0.6) is 0 Å². The first-order chi connectivity index (χ1) is 9.41. The van der Waals surface area contributed by atoms with Crippen LogP contribution in [-0.2, 0) is 0 Å². The molecule has 0 heterocycles. The van der Waals surface area contributed by atoms with E-state index in [1.54, 1.807) is 24.3 Å². The lowest BCUT2D eigenvalue weighted by Crippen LogP contribution is -2.09. The van der Waals surface area contributed by atoms with Gasteiger partial charge < -0.3 is 5.32 Å². The highest BCUT2D eigenvalue weighted by molar-refractivity contribution is 6.48. The standard InChI is InChI=1S/C14H10Cl4FN/c1-7(8-5-6-9(15)13(18)12(8)17)20-11-4-2-3-10(16)14(11)19/h2-7,20H,1H3. The molecule has 0 aliphatic rings. The lowest BCUT2D eigenvalue weighted by atomic mass is 10.1. The minimum atomic E-state index is -0.503. The molecule has 106 valence electrons. The second-order valence-electron chi connectivity index (χ2n) is 4.23. The highest BCUT2D eigenvalue weighted by Gasteiger charge is 2.16. The minimum Gasteiger partial charge on any atom is -0.376 e. The van der Waals surface area contributed by atoms with Crippen LogP contribution in [0.15, 0.2) is 30.3 Å². The predicted octanol–water partition coefficient (Wildman–Crippen LogP) is 6.61. The van der Waals surface area contributed by atoms with Gasteiger partial charge in [0, 0.05) is 0 Å². The van der Waals surface area contributed by atoms with Gasteiger partial charge in [0.25, 0.3) is 0 Å². The molecule has 0 amide bonds. The summed E-state index contributed by atoms with van der Waals surface area (Å²) in [6.45, 7) is 1.84. The molecule has 20 heavy (non-hydrogen) atoms. The molecule has 2 rings (SSSR count). The summed E-state index contributed by atoms with van der Waals surface area (Å²) in [5, 5.41) is 4.08. The van der Waals surface area contributed by atoms with Crippen LogP contribution in [0.3, 0.4) is 0 Å². The molecule has 0 aromatic heterocycles. The van der Waals surface area contributed by atoms with Crippen LogP contribution in [0, 0.1) is 5.82 Å². The highest BCUT2D eigenvalue weighted by atomic mass is 35.5. The van der Waals surface area contributed by atoms with Crippen molar-refractivity contribution in [1.82, 2.24) is 0 Å². The Balaban J connectivity index is 2.31. The van der Waals surface area contributed by atoms with Crippen molar-refractivity contribution in [2.24, 2.45) is 0 Å². The van der Waals surface area contributed by atoms with Crippen LogP contribution in [0.4, 0.5) is 10.1 Å². The molecule has 0 spiro atoms. The molecule has 0 bridgehead atoms. The molecule has 2 aromatic rings. The SMILES string of the molecule is CC(Nc1cccc(Cl)c1F)c1ccc(Cl)c(Cl)c1Cl. The van der Waals surface area contributed by atoms with E-state index in [0.29, 0.717) is 15.7 Å². The van der Waals surface area contributed by atoms with Crippen LogP contribution in [-0.4, -0.2) is 0 Å². The first-order valence-electron chi connectivity index (χ1n) is 5.75. The van der Waals surface area contributed by atoms with Crippen molar-refractivity contribution in [2.75, 3.05) is 5.32 Å². The number of nitrogens with one attached hydrogen (secondary N) is 1. The summed E-state index contributed by atoms with van der Waals surface area (Å²) >= 11 is 23.8. The number of halogens is 5. The van der Waals surface area contributed by atoms with Crippen LogP contribution in [0.2, 0.25) is 20.1 Å². The molecule has 0 fully saturated rings. The van der Waals surface area contributed by atoms with Gasteiger partial charge >= 0.3 is 0 Å². The van der Waals surface area contributed by atoms with Crippen molar-refractivity contribution in [3.05, 3.63) is 61.8 Å². The first-order valence-corrected chi connectivity index (χ1v) is 7.27. The molecule has 0 aliphatic heterocycles. The van der Waals surface area contributed by atoms with Crippen LogP contribution < -0.4 is 5.32 Å². The molecular formula is C14H10Cl4FN. The van der Waals surface area contributed by atoms with Gasteiger partial charge in [-0.1, -0.05) is 58.5 Å². The second kappa shape index (κ2) is 6.40. The molecule has 1 atom stereocenters. The summed E-state index contributed by atoms with van der Waals surface area (Å²) in [7, 11) is 0. The number of hydrogen-bond donors (Lipinski definition) is 1. The average molecular weight is 353 g/mol. The molecule has 2 aromatic carbocycles. The summed E-state index contributed by atoms with van der Waals surface area (Å²) in [6.07, 6.45) is 0. The third kappa shape index (κ3) is 3.15. The second-order valence-corrected chi connectivity index (χ2v) is 5.80. The predicted molar refractivity (Wildman–Crippen MR) is 84.9 cm³/mol. The summed E-state index contributed by atoms with van der Waals surface area (Å²) in [4.78, 5) is 0. The third-order valence-electron chi connectivity index (χ3n) is 2.86. The lowest BCUT2D eigenvalue weighted by molar-refractivity contribution is 0.628. The maximum Gasteiger partial charge on any atom is 0.164 e. The maximum atomic E-state index is 13.8. The molecule has 0 saturated carbocycles. The number of hydrogen-bond acceptors (Lipinski definition) is 1. The molecule has 6 heteroatoms. The summed E-state index contributed by atoms with van der Waals surface area (Å²) in [6, 6.07) is 7.89.